The van der Waals surface area contributed by atoms with E-state index in [4.69, 9.17) is 0 Å². The molecule has 2 rings (SSSR count). The molecule has 2 aromatic rings. The van der Waals surface area contributed by atoms with Crippen LogP contribution in [0.3, 0.4) is 0 Å². The Kier molecular flexibility index (Phi) is 4.39. The highest BCUT2D eigenvalue weighted by atomic mass is 16.2. The number of benzene rings is 1. The van der Waals surface area contributed by atoms with Gasteiger partial charge in [-0.2, -0.15) is 5.10 Å². The third-order valence-corrected chi connectivity index (χ3v) is 2.57. The molecule has 4 nitrogen and oxygen atoms in total. The number of hydrazone groups is 1. The van der Waals surface area contributed by atoms with Crippen LogP contribution < -0.4 is 5.43 Å². The second-order valence-corrected chi connectivity index (χ2v) is 4.19. The number of rotatable bonds is 4. The smallest absolute Gasteiger partial charge is 0.267 e. The van der Waals surface area contributed by atoms with Gasteiger partial charge < -0.3 is 0 Å². The first kappa shape index (κ1) is 13.0. The summed E-state index contributed by atoms with van der Waals surface area (Å²) in [7, 11) is 0. The molecular weight excluding hydrogens is 238 g/mol. The van der Waals surface area contributed by atoms with Crippen LogP contribution in [0.4, 0.5) is 0 Å². The quantitative estimate of drug-likeness (QED) is 0.672. The van der Waals surface area contributed by atoms with Crippen molar-refractivity contribution in [2.45, 2.75) is 13.3 Å². The summed E-state index contributed by atoms with van der Waals surface area (Å²) in [5, 5.41) is 4.09. The number of carbonyl (C=O) groups excluding carboxylic acids is 1. The first-order valence-electron chi connectivity index (χ1n) is 6.03. The van der Waals surface area contributed by atoms with Crippen molar-refractivity contribution in [3.8, 4) is 0 Å². The summed E-state index contributed by atoms with van der Waals surface area (Å²) >= 11 is 0. The van der Waals surface area contributed by atoms with Crippen LogP contribution in [0.25, 0.3) is 0 Å². The second-order valence-electron chi connectivity index (χ2n) is 4.19. The van der Waals surface area contributed by atoms with E-state index in [1.807, 2.05) is 37.3 Å². The van der Waals surface area contributed by atoms with Gasteiger partial charge in [-0.05, 0) is 24.6 Å². The third-order valence-electron chi connectivity index (χ3n) is 2.57. The van der Waals surface area contributed by atoms with Crippen molar-refractivity contribution < 1.29 is 4.79 Å². The standard InChI is InChI=1S/C15H15N3O/c1-12(10-13-6-3-2-4-7-13)17-18-15(19)14-8-5-9-16-11-14/h2-9,11H,10H2,1H3,(H,18,19)/b17-12-. The minimum absolute atomic E-state index is 0.250. The van der Waals surface area contributed by atoms with Crippen LogP contribution in [0.5, 0.6) is 0 Å². The van der Waals surface area contributed by atoms with Crippen molar-refractivity contribution in [2.24, 2.45) is 5.10 Å². The van der Waals surface area contributed by atoms with E-state index in [0.29, 0.717) is 12.0 Å². The zero-order chi connectivity index (χ0) is 13.5. The van der Waals surface area contributed by atoms with Crippen LogP contribution in [0.1, 0.15) is 22.8 Å². The average Bonchev–Trinajstić information content (AvgIpc) is 2.47. The summed E-state index contributed by atoms with van der Waals surface area (Å²) in [5.41, 5.74) is 5.04. The normalized spacial score (nSPS) is 11.1. The fourth-order valence-electron chi connectivity index (χ4n) is 1.64. The van der Waals surface area contributed by atoms with Crippen LogP contribution in [-0.2, 0) is 6.42 Å². The largest absolute Gasteiger partial charge is 0.272 e. The topological polar surface area (TPSA) is 54.4 Å². The summed E-state index contributed by atoms with van der Waals surface area (Å²) < 4.78 is 0. The number of carbonyl (C=O) groups is 1. The Morgan fingerprint density at radius 1 is 1.21 bits per heavy atom. The van der Waals surface area contributed by atoms with E-state index in [0.717, 1.165) is 5.71 Å². The van der Waals surface area contributed by atoms with Gasteiger partial charge in [0.1, 0.15) is 0 Å². The molecule has 0 aliphatic rings. The van der Waals surface area contributed by atoms with E-state index in [9.17, 15) is 4.79 Å². The molecule has 0 unspecified atom stereocenters. The van der Waals surface area contributed by atoms with Gasteiger partial charge in [-0.1, -0.05) is 30.3 Å². The van der Waals surface area contributed by atoms with E-state index in [1.165, 1.54) is 11.8 Å². The SMILES string of the molecule is C/C(Cc1ccccc1)=N/NC(=O)c1cccnc1. The molecule has 1 aromatic carbocycles. The molecule has 0 spiro atoms. The minimum Gasteiger partial charge on any atom is -0.267 e. The Morgan fingerprint density at radius 3 is 2.68 bits per heavy atom. The molecule has 0 fully saturated rings. The molecule has 4 heteroatoms. The van der Waals surface area contributed by atoms with Crippen LogP contribution in [0.2, 0.25) is 0 Å². The lowest BCUT2D eigenvalue weighted by Crippen LogP contribution is -2.19. The molecule has 0 saturated carbocycles. The molecule has 1 amide bonds. The summed E-state index contributed by atoms with van der Waals surface area (Å²) in [4.78, 5) is 15.6. The minimum atomic E-state index is -0.250. The van der Waals surface area contributed by atoms with Gasteiger partial charge in [0.2, 0.25) is 0 Å². The van der Waals surface area contributed by atoms with Gasteiger partial charge >= 0.3 is 0 Å². The summed E-state index contributed by atoms with van der Waals surface area (Å²) in [6.45, 7) is 1.89. The number of hydrogen-bond donors (Lipinski definition) is 1. The van der Waals surface area contributed by atoms with Crippen molar-refractivity contribution in [3.63, 3.8) is 0 Å². The van der Waals surface area contributed by atoms with Crippen LogP contribution >= 0.6 is 0 Å². The Balaban J connectivity index is 1.93. The fraction of sp³-hybridized carbons (Fsp3) is 0.133. The maximum Gasteiger partial charge on any atom is 0.272 e. The molecule has 0 bridgehead atoms. The Bertz CT molecular complexity index is 564. The van der Waals surface area contributed by atoms with Crippen LogP contribution in [-0.4, -0.2) is 16.6 Å². The zero-order valence-corrected chi connectivity index (χ0v) is 10.7. The molecule has 96 valence electrons. The van der Waals surface area contributed by atoms with E-state index < -0.39 is 0 Å². The molecule has 19 heavy (non-hydrogen) atoms. The van der Waals surface area contributed by atoms with Gasteiger partial charge in [-0.15, -0.1) is 0 Å². The highest BCUT2D eigenvalue weighted by molar-refractivity contribution is 5.95. The maximum absolute atomic E-state index is 11.7. The molecule has 0 atom stereocenters. The molecule has 0 radical (unpaired) electrons. The number of pyridine rings is 1. The van der Waals surface area contributed by atoms with Crippen molar-refractivity contribution in [3.05, 3.63) is 66.0 Å². The van der Waals surface area contributed by atoms with Crippen molar-refractivity contribution in [1.29, 1.82) is 0 Å². The first-order chi connectivity index (χ1) is 9.25. The lowest BCUT2D eigenvalue weighted by atomic mass is 10.1. The number of nitrogens with zero attached hydrogens (tertiary/aromatic N) is 2. The van der Waals surface area contributed by atoms with Gasteiger partial charge in [0.05, 0.1) is 5.56 Å². The van der Waals surface area contributed by atoms with Crippen molar-refractivity contribution in [2.75, 3.05) is 0 Å². The number of hydrogen-bond acceptors (Lipinski definition) is 3. The average molecular weight is 253 g/mol. The number of aromatic nitrogens is 1. The molecular formula is C15H15N3O. The lowest BCUT2D eigenvalue weighted by molar-refractivity contribution is 0.0954. The number of nitrogens with one attached hydrogen (secondary N) is 1. The number of amides is 1. The molecule has 0 saturated heterocycles. The van der Waals surface area contributed by atoms with E-state index in [1.54, 1.807) is 18.3 Å². The Labute approximate surface area is 112 Å². The highest BCUT2D eigenvalue weighted by Gasteiger charge is 2.03. The van der Waals surface area contributed by atoms with Crippen LogP contribution in [0.15, 0.2) is 60.0 Å². The lowest BCUT2D eigenvalue weighted by Gasteiger charge is -2.02. The van der Waals surface area contributed by atoms with Gasteiger partial charge in [0.15, 0.2) is 0 Å². The van der Waals surface area contributed by atoms with Crippen LogP contribution in [0, 0.1) is 0 Å². The maximum atomic E-state index is 11.7. The summed E-state index contributed by atoms with van der Waals surface area (Å²) in [5.74, 6) is -0.250. The Hall–Kier alpha value is -2.49. The molecule has 1 heterocycles. The first-order valence-corrected chi connectivity index (χ1v) is 6.03. The van der Waals surface area contributed by atoms with E-state index >= 15 is 0 Å². The molecule has 0 aliphatic heterocycles. The molecule has 1 aromatic heterocycles. The van der Waals surface area contributed by atoms with Gasteiger partial charge in [0.25, 0.3) is 5.91 Å². The third kappa shape index (κ3) is 4.03. The fourth-order valence-corrected chi connectivity index (χ4v) is 1.64. The van der Waals surface area contributed by atoms with Gasteiger partial charge in [-0.3, -0.25) is 9.78 Å². The Morgan fingerprint density at radius 2 is 2.00 bits per heavy atom. The van der Waals surface area contributed by atoms with Crippen molar-refractivity contribution in [1.82, 2.24) is 10.4 Å². The predicted octanol–water partition coefficient (Wildman–Crippen LogP) is 2.43. The highest BCUT2D eigenvalue weighted by Crippen LogP contribution is 2.01. The monoisotopic (exact) mass is 253 g/mol. The summed E-state index contributed by atoms with van der Waals surface area (Å²) in [6, 6.07) is 13.4. The van der Waals surface area contributed by atoms with Gasteiger partial charge in [-0.25, -0.2) is 5.43 Å². The molecule has 1 N–H and O–H groups in total. The van der Waals surface area contributed by atoms with Gasteiger partial charge in [0, 0.05) is 24.5 Å². The molecule has 0 aliphatic carbocycles. The zero-order valence-electron chi connectivity index (χ0n) is 10.7. The predicted molar refractivity (Wildman–Crippen MR) is 75.0 cm³/mol. The second kappa shape index (κ2) is 6.44. The van der Waals surface area contributed by atoms with E-state index in [-0.39, 0.29) is 5.91 Å². The van der Waals surface area contributed by atoms with Crippen molar-refractivity contribution >= 4 is 11.6 Å². The summed E-state index contributed by atoms with van der Waals surface area (Å²) in [6.07, 6.45) is 3.85. The van der Waals surface area contributed by atoms with E-state index in [2.05, 4.69) is 15.5 Å².